The topological polar surface area (TPSA) is 32.3 Å². The van der Waals surface area contributed by atoms with Gasteiger partial charge in [0.1, 0.15) is 11.6 Å². The molecule has 1 heterocycles. The third-order valence-electron chi connectivity index (χ3n) is 3.13. The molecule has 0 aromatic heterocycles. The van der Waals surface area contributed by atoms with Gasteiger partial charge in [0, 0.05) is 5.56 Å². The fraction of sp³-hybridized carbons (Fsp3) is 0.500. The maximum Gasteiger partial charge on any atom is 0.135 e. The SMILES string of the molecule is Oc1c(Br)ccc(F)c1CC1CCNCC1. The Morgan fingerprint density at radius 1 is 1.38 bits per heavy atom. The van der Waals surface area contributed by atoms with Crippen LogP contribution in [0.25, 0.3) is 0 Å². The van der Waals surface area contributed by atoms with Gasteiger partial charge in [-0.05, 0) is 66.3 Å². The van der Waals surface area contributed by atoms with Gasteiger partial charge in [0.2, 0.25) is 0 Å². The second kappa shape index (κ2) is 5.15. The molecule has 16 heavy (non-hydrogen) atoms. The zero-order valence-corrected chi connectivity index (χ0v) is 10.6. The zero-order valence-electron chi connectivity index (χ0n) is 8.97. The van der Waals surface area contributed by atoms with Gasteiger partial charge in [0.25, 0.3) is 0 Å². The average molecular weight is 288 g/mol. The smallest absolute Gasteiger partial charge is 0.135 e. The van der Waals surface area contributed by atoms with E-state index in [4.69, 9.17) is 0 Å². The monoisotopic (exact) mass is 287 g/mol. The lowest BCUT2D eigenvalue weighted by molar-refractivity contribution is 0.360. The van der Waals surface area contributed by atoms with E-state index in [-0.39, 0.29) is 11.6 Å². The Labute approximate surface area is 103 Å². The second-order valence-corrected chi connectivity index (χ2v) is 5.11. The van der Waals surface area contributed by atoms with Gasteiger partial charge in [-0.15, -0.1) is 0 Å². The van der Waals surface area contributed by atoms with Crippen molar-refractivity contribution in [3.8, 4) is 5.75 Å². The first kappa shape index (κ1) is 11.9. The molecule has 0 spiro atoms. The first-order valence-electron chi connectivity index (χ1n) is 5.55. The molecule has 1 aromatic carbocycles. The normalized spacial score (nSPS) is 17.6. The number of halogens is 2. The molecular weight excluding hydrogens is 273 g/mol. The molecule has 88 valence electrons. The van der Waals surface area contributed by atoms with Gasteiger partial charge in [-0.1, -0.05) is 0 Å². The third kappa shape index (κ3) is 2.55. The summed E-state index contributed by atoms with van der Waals surface area (Å²) >= 11 is 3.22. The number of aromatic hydroxyl groups is 1. The second-order valence-electron chi connectivity index (χ2n) is 4.25. The number of rotatable bonds is 2. The highest BCUT2D eigenvalue weighted by Crippen LogP contribution is 2.32. The summed E-state index contributed by atoms with van der Waals surface area (Å²) < 4.78 is 14.2. The summed E-state index contributed by atoms with van der Waals surface area (Å²) in [5, 5.41) is 13.1. The van der Waals surface area contributed by atoms with Crippen molar-refractivity contribution >= 4 is 15.9 Å². The van der Waals surface area contributed by atoms with Crippen molar-refractivity contribution in [1.82, 2.24) is 5.32 Å². The van der Waals surface area contributed by atoms with Crippen LogP contribution in [0.15, 0.2) is 16.6 Å². The fourth-order valence-electron chi connectivity index (χ4n) is 2.15. The maximum absolute atomic E-state index is 13.6. The summed E-state index contributed by atoms with van der Waals surface area (Å²) in [6.07, 6.45) is 2.72. The molecule has 0 atom stereocenters. The number of phenolic OH excluding ortho intramolecular Hbond substituents is 1. The van der Waals surface area contributed by atoms with Gasteiger partial charge in [-0.3, -0.25) is 0 Å². The van der Waals surface area contributed by atoms with Gasteiger partial charge in [0.15, 0.2) is 0 Å². The van der Waals surface area contributed by atoms with E-state index < -0.39 is 0 Å². The van der Waals surface area contributed by atoms with E-state index >= 15 is 0 Å². The lowest BCUT2D eigenvalue weighted by atomic mass is 9.90. The summed E-state index contributed by atoms with van der Waals surface area (Å²) in [7, 11) is 0. The molecule has 2 N–H and O–H groups in total. The molecule has 1 aromatic rings. The number of hydrogen-bond donors (Lipinski definition) is 2. The minimum atomic E-state index is -0.306. The Balaban J connectivity index is 2.16. The van der Waals surface area contributed by atoms with Crippen molar-refractivity contribution in [2.24, 2.45) is 5.92 Å². The highest BCUT2D eigenvalue weighted by atomic mass is 79.9. The lowest BCUT2D eigenvalue weighted by Crippen LogP contribution is -2.28. The van der Waals surface area contributed by atoms with E-state index in [0.29, 0.717) is 22.4 Å². The number of piperidine rings is 1. The predicted octanol–water partition coefficient (Wildman–Crippen LogP) is 2.84. The highest BCUT2D eigenvalue weighted by Gasteiger charge is 2.19. The molecular formula is C12H15BrFNO. The summed E-state index contributed by atoms with van der Waals surface area (Å²) in [5.41, 5.74) is 0.446. The minimum Gasteiger partial charge on any atom is -0.506 e. The number of benzene rings is 1. The van der Waals surface area contributed by atoms with Crippen LogP contribution in [-0.2, 0) is 6.42 Å². The molecule has 0 amide bonds. The van der Waals surface area contributed by atoms with Crippen molar-refractivity contribution in [2.75, 3.05) is 13.1 Å². The quantitative estimate of drug-likeness (QED) is 0.877. The largest absolute Gasteiger partial charge is 0.506 e. The number of nitrogens with one attached hydrogen (secondary N) is 1. The number of phenols is 1. The van der Waals surface area contributed by atoms with Gasteiger partial charge >= 0.3 is 0 Å². The van der Waals surface area contributed by atoms with Gasteiger partial charge in [0.05, 0.1) is 4.47 Å². The van der Waals surface area contributed by atoms with Crippen LogP contribution in [0.2, 0.25) is 0 Å². The number of hydrogen-bond acceptors (Lipinski definition) is 2. The molecule has 0 unspecified atom stereocenters. The van der Waals surface area contributed by atoms with Crippen molar-refractivity contribution in [3.05, 3.63) is 28.0 Å². The van der Waals surface area contributed by atoms with Crippen LogP contribution >= 0.6 is 15.9 Å². The van der Waals surface area contributed by atoms with Gasteiger partial charge < -0.3 is 10.4 Å². The molecule has 2 nitrogen and oxygen atoms in total. The minimum absolute atomic E-state index is 0.0542. The van der Waals surface area contributed by atoms with E-state index in [1.807, 2.05) is 0 Å². The van der Waals surface area contributed by atoms with Crippen molar-refractivity contribution in [2.45, 2.75) is 19.3 Å². The Hall–Kier alpha value is -0.610. The summed E-state index contributed by atoms with van der Waals surface area (Å²) in [6, 6.07) is 2.94. The molecule has 1 aliphatic rings. The van der Waals surface area contributed by atoms with Crippen LogP contribution in [0.4, 0.5) is 4.39 Å². The summed E-state index contributed by atoms with van der Waals surface area (Å²) in [6.45, 7) is 1.97. The van der Waals surface area contributed by atoms with Gasteiger partial charge in [-0.25, -0.2) is 4.39 Å². The molecule has 1 saturated heterocycles. The van der Waals surface area contributed by atoms with E-state index in [2.05, 4.69) is 21.2 Å². The Kier molecular flexibility index (Phi) is 3.82. The van der Waals surface area contributed by atoms with Crippen LogP contribution in [0, 0.1) is 11.7 Å². The standard InChI is InChI=1S/C12H15BrFNO/c13-10-1-2-11(14)9(12(10)16)7-8-3-5-15-6-4-8/h1-2,8,15-16H,3-7H2. The van der Waals surface area contributed by atoms with Crippen LogP contribution in [-0.4, -0.2) is 18.2 Å². The van der Waals surface area contributed by atoms with Crippen molar-refractivity contribution in [3.63, 3.8) is 0 Å². The molecule has 1 aliphatic heterocycles. The molecule has 4 heteroatoms. The molecule has 0 saturated carbocycles. The van der Waals surface area contributed by atoms with Crippen LogP contribution in [0.3, 0.4) is 0 Å². The highest BCUT2D eigenvalue weighted by molar-refractivity contribution is 9.10. The van der Waals surface area contributed by atoms with E-state index in [1.54, 1.807) is 0 Å². The van der Waals surface area contributed by atoms with Crippen LogP contribution in [0.1, 0.15) is 18.4 Å². The maximum atomic E-state index is 13.6. The molecule has 2 rings (SSSR count). The Morgan fingerprint density at radius 3 is 2.75 bits per heavy atom. The van der Waals surface area contributed by atoms with Crippen molar-refractivity contribution in [1.29, 1.82) is 0 Å². The van der Waals surface area contributed by atoms with Crippen molar-refractivity contribution < 1.29 is 9.50 Å². The lowest BCUT2D eigenvalue weighted by Gasteiger charge is -2.23. The first-order chi connectivity index (χ1) is 7.68. The Morgan fingerprint density at radius 2 is 2.06 bits per heavy atom. The fourth-order valence-corrected chi connectivity index (χ4v) is 2.52. The third-order valence-corrected chi connectivity index (χ3v) is 3.77. The summed E-state index contributed by atoms with van der Waals surface area (Å²) in [5.74, 6) is 0.216. The van der Waals surface area contributed by atoms with Crippen LogP contribution in [0.5, 0.6) is 5.75 Å². The van der Waals surface area contributed by atoms with E-state index in [0.717, 1.165) is 25.9 Å². The predicted molar refractivity (Wildman–Crippen MR) is 65.1 cm³/mol. The molecule has 1 fully saturated rings. The average Bonchev–Trinajstić information content (AvgIpc) is 2.31. The van der Waals surface area contributed by atoms with Crippen LogP contribution < -0.4 is 5.32 Å². The zero-order chi connectivity index (χ0) is 11.5. The molecule has 0 aliphatic carbocycles. The first-order valence-corrected chi connectivity index (χ1v) is 6.34. The molecule has 0 radical (unpaired) electrons. The van der Waals surface area contributed by atoms with Gasteiger partial charge in [-0.2, -0.15) is 0 Å². The van der Waals surface area contributed by atoms with E-state index in [9.17, 15) is 9.50 Å². The summed E-state index contributed by atoms with van der Waals surface area (Å²) in [4.78, 5) is 0. The Bertz CT molecular complexity index is 378. The van der Waals surface area contributed by atoms with E-state index in [1.165, 1.54) is 12.1 Å². The molecule has 0 bridgehead atoms.